The fourth-order valence-electron chi connectivity index (χ4n) is 3.75. The number of rotatable bonds is 6. The first-order valence-electron chi connectivity index (χ1n) is 10.2. The van der Waals surface area contributed by atoms with E-state index in [1.807, 2.05) is 20.8 Å². The number of carbonyl (C=O) groups is 1. The van der Waals surface area contributed by atoms with E-state index in [2.05, 4.69) is 21.8 Å². The summed E-state index contributed by atoms with van der Waals surface area (Å²) in [5.41, 5.74) is 0.948. The van der Waals surface area contributed by atoms with Crippen LogP contribution < -0.4 is 4.74 Å². The number of carbonyl (C=O) groups excluding carboxylic acids is 1. The number of halogens is 1. The molecule has 29 heavy (non-hydrogen) atoms. The maximum Gasteiger partial charge on any atom is 0.237 e. The van der Waals surface area contributed by atoms with Gasteiger partial charge in [0.2, 0.25) is 5.88 Å². The SMILES string of the molecule is C[C@H]1C[C@@H](C(=O)Cc2ccccc2F)CCN1Cc1nccnc1OC(C)(C)C. The van der Waals surface area contributed by atoms with Crippen LogP contribution in [0.2, 0.25) is 0 Å². The molecule has 5 nitrogen and oxygen atoms in total. The Kier molecular flexibility index (Phi) is 6.63. The Balaban J connectivity index is 1.61. The minimum atomic E-state index is -0.345. The summed E-state index contributed by atoms with van der Waals surface area (Å²) in [6.07, 6.45) is 5.02. The van der Waals surface area contributed by atoms with Gasteiger partial charge in [0.1, 0.15) is 22.9 Å². The molecule has 1 aliphatic rings. The summed E-state index contributed by atoms with van der Waals surface area (Å²) in [5, 5.41) is 0. The fraction of sp³-hybridized carbons (Fsp3) is 0.522. The molecule has 0 N–H and O–H groups in total. The summed E-state index contributed by atoms with van der Waals surface area (Å²) in [4.78, 5) is 23.9. The zero-order valence-electron chi connectivity index (χ0n) is 17.7. The van der Waals surface area contributed by atoms with Gasteiger partial charge in [-0.15, -0.1) is 0 Å². The van der Waals surface area contributed by atoms with Gasteiger partial charge in [-0.2, -0.15) is 0 Å². The Morgan fingerprint density at radius 3 is 2.66 bits per heavy atom. The molecule has 1 aromatic carbocycles. The molecule has 2 aromatic rings. The van der Waals surface area contributed by atoms with E-state index in [1.165, 1.54) is 6.07 Å². The first-order chi connectivity index (χ1) is 13.7. The van der Waals surface area contributed by atoms with Crippen LogP contribution in [-0.2, 0) is 17.8 Å². The van der Waals surface area contributed by atoms with Gasteiger partial charge >= 0.3 is 0 Å². The maximum absolute atomic E-state index is 13.9. The summed E-state index contributed by atoms with van der Waals surface area (Å²) in [6, 6.07) is 6.74. The van der Waals surface area contributed by atoms with Crippen molar-refractivity contribution in [2.24, 2.45) is 5.92 Å². The molecule has 0 saturated carbocycles. The molecule has 1 aromatic heterocycles. The van der Waals surface area contributed by atoms with Crippen molar-refractivity contribution in [2.75, 3.05) is 6.54 Å². The van der Waals surface area contributed by atoms with Crippen LogP contribution in [0.5, 0.6) is 5.88 Å². The smallest absolute Gasteiger partial charge is 0.237 e. The topological polar surface area (TPSA) is 55.3 Å². The van der Waals surface area contributed by atoms with Gasteiger partial charge in [-0.3, -0.25) is 14.7 Å². The van der Waals surface area contributed by atoms with E-state index in [0.717, 1.165) is 25.1 Å². The van der Waals surface area contributed by atoms with E-state index < -0.39 is 0 Å². The second-order valence-corrected chi connectivity index (χ2v) is 8.80. The minimum absolute atomic E-state index is 0.0343. The number of ether oxygens (including phenoxy) is 1. The summed E-state index contributed by atoms with van der Waals surface area (Å²) >= 11 is 0. The minimum Gasteiger partial charge on any atom is -0.471 e. The highest BCUT2D eigenvalue weighted by Crippen LogP contribution is 2.28. The standard InChI is InChI=1S/C23H30FN3O2/c1-16-13-18(21(28)14-17-7-5-6-8-19(17)24)9-12-27(16)15-20-22(26-11-10-25-20)29-23(2,3)4/h5-8,10-11,16,18H,9,12-15H2,1-4H3/t16-,18-/m0/s1. The van der Waals surface area contributed by atoms with E-state index in [1.54, 1.807) is 30.6 Å². The molecule has 0 aliphatic carbocycles. The number of likely N-dealkylation sites (tertiary alicyclic amines) is 1. The molecule has 3 rings (SSSR count). The molecule has 1 saturated heterocycles. The number of piperidine rings is 1. The highest BCUT2D eigenvalue weighted by molar-refractivity contribution is 5.83. The van der Waals surface area contributed by atoms with Crippen molar-refractivity contribution in [1.29, 1.82) is 0 Å². The van der Waals surface area contributed by atoms with Gasteiger partial charge in [0.05, 0.1) is 0 Å². The molecule has 0 bridgehead atoms. The molecule has 156 valence electrons. The van der Waals surface area contributed by atoms with Crippen LogP contribution in [0, 0.1) is 11.7 Å². The average molecular weight is 400 g/mol. The number of Topliss-reactive ketones (excluding diaryl/α,β-unsaturated/α-hetero) is 1. The monoisotopic (exact) mass is 399 g/mol. The van der Waals surface area contributed by atoms with Crippen molar-refractivity contribution in [2.45, 2.75) is 65.1 Å². The number of hydrogen-bond acceptors (Lipinski definition) is 5. The Labute approximate surface area is 172 Å². The number of ketones is 1. The lowest BCUT2D eigenvalue weighted by atomic mass is 9.85. The first kappa shape index (κ1) is 21.4. The van der Waals surface area contributed by atoms with Crippen LogP contribution in [0.3, 0.4) is 0 Å². The summed E-state index contributed by atoms with van der Waals surface area (Å²) in [5.74, 6) is 0.344. The number of nitrogens with zero attached hydrogens (tertiary/aromatic N) is 3. The van der Waals surface area contributed by atoms with Gasteiger partial charge < -0.3 is 4.74 Å². The summed E-state index contributed by atoms with van der Waals surface area (Å²) in [6.45, 7) is 9.51. The van der Waals surface area contributed by atoms with E-state index >= 15 is 0 Å². The third-order valence-electron chi connectivity index (χ3n) is 5.28. The zero-order chi connectivity index (χ0) is 21.0. The van der Waals surface area contributed by atoms with Crippen molar-refractivity contribution < 1.29 is 13.9 Å². The predicted molar refractivity (Wildman–Crippen MR) is 110 cm³/mol. The normalized spacial score (nSPS) is 20.4. The van der Waals surface area contributed by atoms with Crippen molar-refractivity contribution >= 4 is 5.78 Å². The van der Waals surface area contributed by atoms with E-state index in [4.69, 9.17) is 4.74 Å². The molecular formula is C23H30FN3O2. The van der Waals surface area contributed by atoms with Crippen LogP contribution in [0.4, 0.5) is 4.39 Å². The van der Waals surface area contributed by atoms with Crippen molar-refractivity contribution in [3.63, 3.8) is 0 Å². The number of benzene rings is 1. The third kappa shape index (κ3) is 5.82. The number of aromatic nitrogens is 2. The van der Waals surface area contributed by atoms with Gasteiger partial charge in [-0.05, 0) is 58.7 Å². The molecule has 1 aliphatic heterocycles. The molecule has 0 unspecified atom stereocenters. The second-order valence-electron chi connectivity index (χ2n) is 8.80. The van der Waals surface area contributed by atoms with E-state index in [0.29, 0.717) is 18.0 Å². The molecule has 6 heteroatoms. The predicted octanol–water partition coefficient (Wildman–Crippen LogP) is 4.21. The first-order valence-corrected chi connectivity index (χ1v) is 10.2. The lowest BCUT2D eigenvalue weighted by Crippen LogP contribution is -2.42. The second kappa shape index (κ2) is 8.99. The van der Waals surface area contributed by atoms with Crippen LogP contribution in [0.25, 0.3) is 0 Å². The average Bonchev–Trinajstić information content (AvgIpc) is 2.65. The van der Waals surface area contributed by atoms with Crippen molar-refractivity contribution in [1.82, 2.24) is 14.9 Å². The summed E-state index contributed by atoms with van der Waals surface area (Å²) in [7, 11) is 0. The van der Waals surface area contributed by atoms with Gasteiger partial charge in [0.25, 0.3) is 0 Å². The highest BCUT2D eigenvalue weighted by atomic mass is 19.1. The molecule has 2 heterocycles. The van der Waals surface area contributed by atoms with Crippen LogP contribution in [0.1, 0.15) is 51.8 Å². The van der Waals surface area contributed by atoms with Gasteiger partial charge in [-0.1, -0.05) is 18.2 Å². The van der Waals surface area contributed by atoms with Crippen LogP contribution >= 0.6 is 0 Å². The molecular weight excluding hydrogens is 369 g/mol. The van der Waals surface area contributed by atoms with Gasteiger partial charge in [0, 0.05) is 37.3 Å². The Hall–Kier alpha value is -2.34. The largest absolute Gasteiger partial charge is 0.471 e. The van der Waals surface area contributed by atoms with Gasteiger partial charge in [-0.25, -0.2) is 9.37 Å². The Morgan fingerprint density at radius 2 is 1.97 bits per heavy atom. The Bertz CT molecular complexity index is 850. The van der Waals surface area contributed by atoms with Crippen molar-refractivity contribution in [3.05, 3.63) is 53.7 Å². The molecule has 0 radical (unpaired) electrons. The molecule has 1 fully saturated rings. The number of hydrogen-bond donors (Lipinski definition) is 0. The van der Waals surface area contributed by atoms with Crippen LogP contribution in [0.15, 0.2) is 36.7 Å². The quantitative estimate of drug-likeness (QED) is 0.728. The lowest BCUT2D eigenvalue weighted by molar-refractivity contribution is -0.124. The molecule has 2 atom stereocenters. The molecule has 0 amide bonds. The molecule has 0 spiro atoms. The highest BCUT2D eigenvalue weighted by Gasteiger charge is 2.31. The van der Waals surface area contributed by atoms with E-state index in [9.17, 15) is 9.18 Å². The van der Waals surface area contributed by atoms with E-state index in [-0.39, 0.29) is 35.6 Å². The fourth-order valence-corrected chi connectivity index (χ4v) is 3.75. The lowest BCUT2D eigenvalue weighted by Gasteiger charge is -2.37. The van der Waals surface area contributed by atoms with Crippen LogP contribution in [-0.4, -0.2) is 38.8 Å². The zero-order valence-corrected chi connectivity index (χ0v) is 17.7. The Morgan fingerprint density at radius 1 is 1.24 bits per heavy atom. The van der Waals surface area contributed by atoms with Crippen molar-refractivity contribution in [3.8, 4) is 5.88 Å². The van der Waals surface area contributed by atoms with Gasteiger partial charge in [0.15, 0.2) is 0 Å². The maximum atomic E-state index is 13.9. The summed E-state index contributed by atoms with van der Waals surface area (Å²) < 4.78 is 19.8. The third-order valence-corrected chi connectivity index (χ3v) is 5.28.